The summed E-state index contributed by atoms with van der Waals surface area (Å²) in [6.07, 6.45) is -1.62. The molecule has 3 N–H and O–H groups in total. The average molecular weight is 641 g/mol. The van der Waals surface area contributed by atoms with Crippen LogP contribution in [-0.4, -0.2) is 54.0 Å². The van der Waals surface area contributed by atoms with Crippen LogP contribution in [0.4, 0.5) is 18.9 Å². The van der Waals surface area contributed by atoms with E-state index in [1.807, 2.05) is 60.7 Å². The molecule has 6 aromatic rings. The summed E-state index contributed by atoms with van der Waals surface area (Å²) in [6.45, 7) is 2.94. The minimum atomic E-state index is -4.39. The zero-order chi connectivity index (χ0) is 32.4. The molecule has 47 heavy (non-hydrogen) atoms. The number of halogens is 3. The number of H-pyrrole nitrogens is 1. The number of fused-ring (bicyclic) bond motifs is 4. The second-order valence-corrected chi connectivity index (χ2v) is 12.0. The van der Waals surface area contributed by atoms with Crippen molar-refractivity contribution in [3.05, 3.63) is 103 Å². The Labute approximate surface area is 269 Å². The molecular formula is C37H35F3N4O3. The summed E-state index contributed by atoms with van der Waals surface area (Å²) in [5, 5.41) is 16.8. The van der Waals surface area contributed by atoms with Crippen LogP contribution in [0.3, 0.4) is 0 Å². The highest BCUT2D eigenvalue weighted by Gasteiger charge is 2.31. The zero-order valence-electron chi connectivity index (χ0n) is 25.6. The van der Waals surface area contributed by atoms with Gasteiger partial charge in [-0.25, -0.2) is 0 Å². The summed E-state index contributed by atoms with van der Waals surface area (Å²) < 4.78 is 51.5. The molecule has 0 aliphatic carbocycles. The molecule has 1 aliphatic rings. The summed E-state index contributed by atoms with van der Waals surface area (Å²) in [5.74, 6) is 2.55. The third-order valence-corrected chi connectivity index (χ3v) is 8.80. The molecule has 7 nitrogen and oxygen atoms in total. The number of hydrogen-bond acceptors (Lipinski definition) is 6. The van der Waals surface area contributed by atoms with E-state index in [2.05, 4.69) is 32.3 Å². The summed E-state index contributed by atoms with van der Waals surface area (Å²) in [4.78, 5) is 9.82. The Kier molecular flexibility index (Phi) is 8.62. The molecule has 242 valence electrons. The van der Waals surface area contributed by atoms with Crippen LogP contribution in [0.25, 0.3) is 32.7 Å². The molecule has 2 aromatic heterocycles. The molecular weight excluding hydrogens is 605 g/mol. The number of alkyl halides is 3. The van der Waals surface area contributed by atoms with Gasteiger partial charge in [0.1, 0.15) is 30.0 Å². The third-order valence-electron chi connectivity index (χ3n) is 8.80. The van der Waals surface area contributed by atoms with Crippen molar-refractivity contribution >= 4 is 38.4 Å². The molecule has 4 aromatic carbocycles. The molecule has 0 unspecified atom stereocenters. The fourth-order valence-corrected chi connectivity index (χ4v) is 6.35. The number of rotatable bonds is 10. The van der Waals surface area contributed by atoms with Gasteiger partial charge < -0.3 is 29.8 Å². The Bertz CT molecular complexity index is 1990. The Hall–Kier alpha value is -4.80. The standard InChI is InChI=1S/C37H35F3N4O3/c38-37(39,40)25-8-13-29-33(20-25)42-17-14-34(29)44-18-15-24(16-19-44)21-41-22-26(45)23-46-27-9-11-28(12-10-27)47-35-7-3-6-32-36(35)30-4-1-2-5-31(30)43-32/h1-14,17,20,24,26,41,43,45H,15-16,18-19,21-23H2/t26-/m0/s1. The van der Waals surface area contributed by atoms with E-state index in [0.29, 0.717) is 29.5 Å². The Morgan fingerprint density at radius 2 is 1.66 bits per heavy atom. The van der Waals surface area contributed by atoms with Crippen molar-refractivity contribution in [3.8, 4) is 17.2 Å². The minimum absolute atomic E-state index is 0.158. The van der Waals surface area contributed by atoms with Gasteiger partial charge in [-0.2, -0.15) is 13.2 Å². The molecule has 10 heteroatoms. The van der Waals surface area contributed by atoms with Crippen molar-refractivity contribution in [2.24, 2.45) is 5.92 Å². The largest absolute Gasteiger partial charge is 0.491 e. The number of aromatic amines is 1. The van der Waals surface area contributed by atoms with Crippen LogP contribution >= 0.6 is 0 Å². The molecule has 1 atom stereocenters. The minimum Gasteiger partial charge on any atom is -0.491 e. The molecule has 1 fully saturated rings. The highest BCUT2D eigenvalue weighted by atomic mass is 19.4. The number of benzene rings is 4. The van der Waals surface area contributed by atoms with Gasteiger partial charge in [-0.1, -0.05) is 30.3 Å². The highest BCUT2D eigenvalue weighted by Crippen LogP contribution is 2.37. The topological polar surface area (TPSA) is 82.6 Å². The van der Waals surface area contributed by atoms with E-state index in [4.69, 9.17) is 9.47 Å². The first-order valence-corrected chi connectivity index (χ1v) is 15.8. The second-order valence-electron chi connectivity index (χ2n) is 12.0. The molecule has 3 heterocycles. The van der Waals surface area contributed by atoms with Crippen molar-refractivity contribution in [2.45, 2.75) is 25.1 Å². The quantitative estimate of drug-likeness (QED) is 0.141. The molecule has 1 aliphatic heterocycles. The highest BCUT2D eigenvalue weighted by molar-refractivity contribution is 6.10. The first-order chi connectivity index (χ1) is 22.8. The van der Waals surface area contributed by atoms with Crippen LogP contribution < -0.4 is 19.7 Å². The number of aliphatic hydroxyl groups is 1. The Morgan fingerprint density at radius 1 is 0.894 bits per heavy atom. The van der Waals surface area contributed by atoms with Crippen molar-refractivity contribution in [1.29, 1.82) is 0 Å². The lowest BCUT2D eigenvalue weighted by molar-refractivity contribution is -0.137. The lowest BCUT2D eigenvalue weighted by Gasteiger charge is -2.34. The smallest absolute Gasteiger partial charge is 0.416 e. The number of piperidine rings is 1. The first-order valence-electron chi connectivity index (χ1n) is 15.8. The maximum Gasteiger partial charge on any atom is 0.416 e. The van der Waals surface area contributed by atoms with Crippen molar-refractivity contribution in [1.82, 2.24) is 15.3 Å². The maximum absolute atomic E-state index is 13.2. The fourth-order valence-electron chi connectivity index (χ4n) is 6.35. The number of nitrogens with zero attached hydrogens (tertiary/aromatic N) is 2. The van der Waals surface area contributed by atoms with Crippen LogP contribution in [0, 0.1) is 5.92 Å². The Balaban J connectivity index is 0.856. The molecule has 0 spiro atoms. The average Bonchev–Trinajstić information content (AvgIpc) is 3.47. The van der Waals surface area contributed by atoms with Crippen LogP contribution in [0.1, 0.15) is 18.4 Å². The molecule has 7 rings (SSSR count). The van der Waals surface area contributed by atoms with Crippen LogP contribution in [0.15, 0.2) is 97.2 Å². The summed E-state index contributed by atoms with van der Waals surface area (Å²) >= 11 is 0. The van der Waals surface area contributed by atoms with E-state index in [0.717, 1.165) is 83.2 Å². The van der Waals surface area contributed by atoms with E-state index in [9.17, 15) is 18.3 Å². The predicted molar refractivity (Wildman–Crippen MR) is 178 cm³/mol. The first kappa shape index (κ1) is 30.8. The van der Waals surface area contributed by atoms with Crippen molar-refractivity contribution in [3.63, 3.8) is 0 Å². The van der Waals surface area contributed by atoms with Crippen LogP contribution in [0.2, 0.25) is 0 Å². The SMILES string of the molecule is O[C@@H](CNCC1CCN(c2ccnc3cc(C(F)(F)F)ccc23)CC1)COc1ccc(Oc2cccc3[nH]c4ccccc4c23)cc1. The monoisotopic (exact) mass is 640 g/mol. The van der Waals surface area contributed by atoms with E-state index in [-0.39, 0.29) is 6.61 Å². The number of hydrogen-bond donors (Lipinski definition) is 3. The van der Waals surface area contributed by atoms with Gasteiger partial charge in [0.2, 0.25) is 0 Å². The van der Waals surface area contributed by atoms with Gasteiger partial charge in [0, 0.05) is 47.8 Å². The number of pyridine rings is 1. The maximum atomic E-state index is 13.2. The lowest BCUT2D eigenvalue weighted by atomic mass is 9.96. The molecule has 0 bridgehead atoms. The van der Waals surface area contributed by atoms with Crippen LogP contribution in [0.5, 0.6) is 17.2 Å². The van der Waals surface area contributed by atoms with Gasteiger partial charge in [-0.05, 0) is 86.0 Å². The van der Waals surface area contributed by atoms with E-state index < -0.39 is 17.8 Å². The number of ether oxygens (including phenoxy) is 2. The molecule has 0 saturated carbocycles. The molecule has 0 amide bonds. The zero-order valence-corrected chi connectivity index (χ0v) is 25.6. The van der Waals surface area contributed by atoms with Gasteiger partial charge in [0.25, 0.3) is 0 Å². The molecule has 0 radical (unpaired) electrons. The van der Waals surface area contributed by atoms with Crippen LogP contribution in [-0.2, 0) is 6.18 Å². The number of para-hydroxylation sites is 1. The number of nitrogens with one attached hydrogen (secondary N) is 2. The lowest BCUT2D eigenvalue weighted by Crippen LogP contribution is -2.39. The number of anilines is 1. The summed E-state index contributed by atoms with van der Waals surface area (Å²) in [7, 11) is 0. The number of aliphatic hydroxyl groups excluding tert-OH is 1. The predicted octanol–water partition coefficient (Wildman–Crippen LogP) is 7.93. The normalized spacial score (nSPS) is 15.0. The van der Waals surface area contributed by atoms with E-state index in [1.165, 1.54) is 6.07 Å². The van der Waals surface area contributed by atoms with Gasteiger partial charge >= 0.3 is 6.18 Å². The number of aromatic nitrogens is 2. The van der Waals surface area contributed by atoms with Gasteiger partial charge in [0.05, 0.1) is 22.0 Å². The second kappa shape index (κ2) is 13.1. The third kappa shape index (κ3) is 6.84. The summed E-state index contributed by atoms with van der Waals surface area (Å²) in [6, 6.07) is 27.1. The van der Waals surface area contributed by atoms with E-state index >= 15 is 0 Å². The van der Waals surface area contributed by atoms with Gasteiger partial charge in [-0.15, -0.1) is 0 Å². The Morgan fingerprint density at radius 3 is 2.47 bits per heavy atom. The molecule has 1 saturated heterocycles. The van der Waals surface area contributed by atoms with Crippen molar-refractivity contribution in [2.75, 3.05) is 37.7 Å². The van der Waals surface area contributed by atoms with Crippen molar-refractivity contribution < 1.29 is 27.8 Å². The summed E-state index contributed by atoms with van der Waals surface area (Å²) in [5.41, 5.74) is 2.65. The van der Waals surface area contributed by atoms with E-state index in [1.54, 1.807) is 6.20 Å². The van der Waals surface area contributed by atoms with Gasteiger partial charge in [0.15, 0.2) is 0 Å². The van der Waals surface area contributed by atoms with Gasteiger partial charge in [-0.3, -0.25) is 4.98 Å². The fraction of sp³-hybridized carbons (Fsp3) is 0.270.